The van der Waals surface area contributed by atoms with E-state index in [1.165, 1.54) is 12.1 Å². The summed E-state index contributed by atoms with van der Waals surface area (Å²) in [7, 11) is -4.14. The van der Waals surface area contributed by atoms with Crippen LogP contribution in [0.3, 0.4) is 0 Å². The maximum Gasteiger partial charge on any atom is 0.289 e. The fourth-order valence-electron chi connectivity index (χ4n) is 2.54. The number of nitrogens with one attached hydrogen (secondary N) is 1. The first-order valence-electron chi connectivity index (χ1n) is 7.64. The molecule has 0 aromatic heterocycles. The Morgan fingerprint density at radius 1 is 1.15 bits per heavy atom. The SMILES string of the molecule is O=C(c1ccccc1)N1CC(NS(=O)(=O)c2ccccc2[N+](=O)[O-])CO1. The molecule has 2 aromatic carbocycles. The standard InChI is InChI=1S/C16H15N3O6S/c20-16(12-6-2-1-3-7-12)18-10-13(11-25-18)17-26(23,24)15-9-5-4-8-14(15)19(21)22/h1-9,13,17H,10-11H2. The quantitative estimate of drug-likeness (QED) is 0.620. The normalized spacial score (nSPS) is 17.2. The number of rotatable bonds is 5. The molecule has 1 saturated heterocycles. The first-order chi connectivity index (χ1) is 12.4. The lowest BCUT2D eigenvalue weighted by atomic mass is 10.2. The highest BCUT2D eigenvalue weighted by atomic mass is 32.2. The fourth-order valence-corrected chi connectivity index (χ4v) is 3.93. The van der Waals surface area contributed by atoms with Crippen molar-refractivity contribution in [3.05, 3.63) is 70.3 Å². The van der Waals surface area contributed by atoms with Gasteiger partial charge in [0.15, 0.2) is 4.90 Å². The van der Waals surface area contributed by atoms with Gasteiger partial charge < -0.3 is 0 Å². The number of hydrogen-bond acceptors (Lipinski definition) is 6. The zero-order valence-corrected chi connectivity index (χ0v) is 14.3. The molecule has 1 N–H and O–H groups in total. The number of sulfonamides is 1. The van der Waals surface area contributed by atoms with Crippen molar-refractivity contribution >= 4 is 21.6 Å². The number of carbonyl (C=O) groups is 1. The van der Waals surface area contributed by atoms with E-state index in [0.717, 1.165) is 17.2 Å². The lowest BCUT2D eigenvalue weighted by Crippen LogP contribution is -2.39. The van der Waals surface area contributed by atoms with Crippen LogP contribution in [0.4, 0.5) is 5.69 Å². The van der Waals surface area contributed by atoms with Crippen LogP contribution in [0.25, 0.3) is 0 Å². The fraction of sp³-hybridized carbons (Fsp3) is 0.188. The third kappa shape index (κ3) is 3.72. The number of nitro benzene ring substituents is 1. The zero-order valence-electron chi connectivity index (χ0n) is 13.4. The smallest absolute Gasteiger partial charge is 0.269 e. The third-order valence-corrected chi connectivity index (χ3v) is 5.31. The zero-order chi connectivity index (χ0) is 18.7. The molecule has 1 aliphatic heterocycles. The molecule has 1 fully saturated rings. The van der Waals surface area contributed by atoms with Crippen LogP contribution in [0.5, 0.6) is 0 Å². The van der Waals surface area contributed by atoms with Gasteiger partial charge in [-0.1, -0.05) is 30.3 Å². The molecule has 2 aromatic rings. The van der Waals surface area contributed by atoms with Crippen LogP contribution in [0.2, 0.25) is 0 Å². The Bertz CT molecular complexity index is 932. The molecule has 1 unspecified atom stereocenters. The van der Waals surface area contributed by atoms with Crippen LogP contribution < -0.4 is 4.72 Å². The second-order valence-electron chi connectivity index (χ2n) is 5.57. The average molecular weight is 377 g/mol. The number of para-hydroxylation sites is 1. The molecule has 136 valence electrons. The summed E-state index contributed by atoms with van der Waals surface area (Å²) < 4.78 is 27.3. The highest BCUT2D eigenvalue weighted by Gasteiger charge is 2.34. The van der Waals surface area contributed by atoms with Crippen molar-refractivity contribution in [2.24, 2.45) is 0 Å². The van der Waals surface area contributed by atoms with Gasteiger partial charge in [0.2, 0.25) is 10.0 Å². The molecule has 9 nitrogen and oxygen atoms in total. The molecular formula is C16H15N3O6S. The van der Waals surface area contributed by atoms with Crippen molar-refractivity contribution in [1.29, 1.82) is 0 Å². The highest BCUT2D eigenvalue weighted by molar-refractivity contribution is 7.89. The minimum Gasteiger partial charge on any atom is -0.269 e. The van der Waals surface area contributed by atoms with Gasteiger partial charge in [0, 0.05) is 11.6 Å². The summed E-state index contributed by atoms with van der Waals surface area (Å²) in [5, 5.41) is 12.1. The molecule has 3 rings (SSSR count). The minimum absolute atomic E-state index is 0.00636. The summed E-state index contributed by atoms with van der Waals surface area (Å²) >= 11 is 0. The van der Waals surface area contributed by atoms with Gasteiger partial charge in [0.05, 0.1) is 24.1 Å². The third-order valence-electron chi connectivity index (χ3n) is 3.74. The van der Waals surface area contributed by atoms with Gasteiger partial charge in [0.25, 0.3) is 11.6 Å². The molecule has 1 heterocycles. The lowest BCUT2D eigenvalue weighted by Gasteiger charge is -2.14. The number of carbonyl (C=O) groups excluding carboxylic acids is 1. The number of amides is 1. The van der Waals surface area contributed by atoms with E-state index in [1.807, 2.05) is 0 Å². The summed E-state index contributed by atoms with van der Waals surface area (Å²) in [6.45, 7) is -0.0635. The van der Waals surface area contributed by atoms with Gasteiger partial charge in [-0.3, -0.25) is 19.7 Å². The van der Waals surface area contributed by atoms with E-state index < -0.39 is 37.5 Å². The number of hydrogen-bond donors (Lipinski definition) is 1. The van der Waals surface area contributed by atoms with Gasteiger partial charge in [-0.05, 0) is 18.2 Å². The van der Waals surface area contributed by atoms with Gasteiger partial charge in [-0.15, -0.1) is 0 Å². The number of nitro groups is 1. The van der Waals surface area contributed by atoms with Crippen molar-refractivity contribution in [3.8, 4) is 0 Å². The molecule has 1 atom stereocenters. The highest BCUT2D eigenvalue weighted by Crippen LogP contribution is 2.23. The Kier molecular flexibility index (Phi) is 4.98. The number of nitrogens with zero attached hydrogens (tertiary/aromatic N) is 2. The maximum absolute atomic E-state index is 12.5. The van der Waals surface area contributed by atoms with Crippen LogP contribution in [0.1, 0.15) is 10.4 Å². The van der Waals surface area contributed by atoms with Crippen LogP contribution in [-0.4, -0.2) is 43.5 Å². The van der Waals surface area contributed by atoms with Crippen molar-refractivity contribution in [2.45, 2.75) is 10.9 Å². The van der Waals surface area contributed by atoms with E-state index in [2.05, 4.69) is 4.72 Å². The summed E-state index contributed by atoms with van der Waals surface area (Å²) in [5.41, 5.74) is -0.106. The van der Waals surface area contributed by atoms with Crippen molar-refractivity contribution in [3.63, 3.8) is 0 Å². The van der Waals surface area contributed by atoms with E-state index >= 15 is 0 Å². The second kappa shape index (κ2) is 7.20. The Labute approximate surface area is 149 Å². The topological polar surface area (TPSA) is 119 Å². The maximum atomic E-state index is 12.5. The van der Waals surface area contributed by atoms with E-state index in [0.29, 0.717) is 5.56 Å². The summed E-state index contributed by atoms with van der Waals surface area (Å²) in [4.78, 5) is 27.4. The van der Waals surface area contributed by atoms with Gasteiger partial charge >= 0.3 is 0 Å². The Balaban J connectivity index is 1.72. The van der Waals surface area contributed by atoms with Crippen LogP contribution in [0, 0.1) is 10.1 Å². The van der Waals surface area contributed by atoms with E-state index in [4.69, 9.17) is 4.84 Å². The van der Waals surface area contributed by atoms with Crippen molar-refractivity contribution in [2.75, 3.05) is 13.2 Å². The van der Waals surface area contributed by atoms with Crippen LogP contribution in [0.15, 0.2) is 59.5 Å². The first kappa shape index (κ1) is 18.0. The molecule has 0 bridgehead atoms. The van der Waals surface area contributed by atoms with Crippen molar-refractivity contribution in [1.82, 2.24) is 9.79 Å². The molecule has 1 aliphatic rings. The number of hydroxylamine groups is 2. The first-order valence-corrected chi connectivity index (χ1v) is 9.12. The number of benzene rings is 2. The van der Waals surface area contributed by atoms with Crippen LogP contribution in [-0.2, 0) is 14.9 Å². The Morgan fingerprint density at radius 3 is 2.50 bits per heavy atom. The van der Waals surface area contributed by atoms with Gasteiger partial charge in [-0.25, -0.2) is 18.2 Å². The van der Waals surface area contributed by atoms with Gasteiger partial charge in [0.1, 0.15) is 0 Å². The van der Waals surface area contributed by atoms with Gasteiger partial charge in [-0.2, -0.15) is 0 Å². The summed E-state index contributed by atoms with van der Waals surface area (Å²) in [5.74, 6) is -0.391. The van der Waals surface area contributed by atoms with E-state index in [9.17, 15) is 23.3 Å². The lowest BCUT2D eigenvalue weighted by molar-refractivity contribution is -0.387. The Hall–Kier alpha value is -2.82. The van der Waals surface area contributed by atoms with E-state index in [-0.39, 0.29) is 13.2 Å². The predicted molar refractivity (Wildman–Crippen MR) is 90.6 cm³/mol. The molecule has 0 saturated carbocycles. The second-order valence-corrected chi connectivity index (χ2v) is 7.25. The molecular weight excluding hydrogens is 362 g/mol. The summed E-state index contributed by atoms with van der Waals surface area (Å²) in [6, 6.07) is 12.8. The monoisotopic (exact) mass is 377 g/mol. The minimum atomic E-state index is -4.14. The summed E-state index contributed by atoms with van der Waals surface area (Å²) in [6.07, 6.45) is 0. The predicted octanol–water partition coefficient (Wildman–Crippen LogP) is 1.33. The average Bonchev–Trinajstić information content (AvgIpc) is 3.09. The molecule has 10 heteroatoms. The van der Waals surface area contributed by atoms with E-state index in [1.54, 1.807) is 30.3 Å². The molecule has 0 aliphatic carbocycles. The van der Waals surface area contributed by atoms with Crippen LogP contribution >= 0.6 is 0 Å². The molecule has 26 heavy (non-hydrogen) atoms. The molecule has 1 amide bonds. The molecule has 0 spiro atoms. The largest absolute Gasteiger partial charge is 0.289 e. The van der Waals surface area contributed by atoms with Crippen molar-refractivity contribution < 1.29 is 23.0 Å². The Morgan fingerprint density at radius 2 is 1.81 bits per heavy atom. The molecule has 0 radical (unpaired) electrons.